The molecule has 0 radical (unpaired) electrons. The lowest BCUT2D eigenvalue weighted by Crippen LogP contribution is -3.00. The van der Waals surface area contributed by atoms with Crippen molar-refractivity contribution in [3.05, 3.63) is 171 Å². The summed E-state index contributed by atoms with van der Waals surface area (Å²) >= 11 is 5.86. The molecule has 10 rings (SSSR count). The van der Waals surface area contributed by atoms with Crippen LogP contribution < -0.4 is 70.5 Å². The summed E-state index contributed by atoms with van der Waals surface area (Å²) in [5, 5.41) is 34.8. The molecule has 18 nitrogen and oxygen atoms in total. The smallest absolute Gasteiger partial charge is 0.421 e. The molecule has 8 aromatic rings. The second kappa shape index (κ2) is 34.2. The topological polar surface area (TPSA) is 146 Å². The van der Waals surface area contributed by atoms with Gasteiger partial charge < -0.3 is 56.8 Å². The minimum absolute atomic E-state index is 0. The Hall–Kier alpha value is -7.64. The maximum Gasteiger partial charge on any atom is 0.421 e. The van der Waals surface area contributed by atoms with Crippen molar-refractivity contribution in [2.45, 2.75) is 45.1 Å². The van der Waals surface area contributed by atoms with Crippen LogP contribution >= 0.6 is 11.6 Å². The van der Waals surface area contributed by atoms with E-state index in [0.29, 0.717) is 5.92 Å². The summed E-state index contributed by atoms with van der Waals surface area (Å²) in [6.07, 6.45) is 20.5. The molecular formula is C62H78Cl4N18. The van der Waals surface area contributed by atoms with E-state index in [1.54, 1.807) is 12.4 Å². The Balaban J connectivity index is 0.000000250. The van der Waals surface area contributed by atoms with Crippen LogP contribution in [-0.4, -0.2) is 74.4 Å². The highest BCUT2D eigenvalue weighted by atomic mass is 35.5. The minimum Gasteiger partial charge on any atom is -1.00 e. The number of aryl methyl sites for hydroxylation is 5. The first-order valence-corrected chi connectivity index (χ1v) is 28.3. The standard InChI is InChI=1S/C31H39N9.C18H25ClN5.C13H14N4.3ClH/c1-36(2)28-12-8-26(9-13-28)32-34-30-7-5-6-19-40(30)22-18-25-16-20-39(21-17-25)29-14-10-27(11-15-29)33-35-31-37(3)23-24-38(31)4;1-22-13-14-23(2)18(22)21-20-16-3-5-17(6-4-16)24-11-8-15(7-10-19)9-12-24;1-17(2)13-5-3-11(4-6-13)15-16-12-7-9-14-10-8-12;;;/h5-15,19,23-25H,16-18,20-22H2,1-4H3;3-6,13-15H,7-12H2,1-2H3;3-10H,1-2H3;3*1H/q+2;+1;;;;/p-3. The van der Waals surface area contributed by atoms with Crippen molar-refractivity contribution in [1.29, 1.82) is 0 Å². The number of anilines is 4. The van der Waals surface area contributed by atoms with Crippen molar-refractivity contribution in [1.82, 2.24) is 14.1 Å². The van der Waals surface area contributed by atoms with Gasteiger partial charge in [0, 0.05) is 112 Å². The first-order chi connectivity index (χ1) is 39.4. The summed E-state index contributed by atoms with van der Waals surface area (Å²) in [5.41, 5.74) is 9.04. The molecule has 84 heavy (non-hydrogen) atoms. The van der Waals surface area contributed by atoms with Gasteiger partial charge in [0.2, 0.25) is 0 Å². The Morgan fingerprint density at radius 3 is 1.25 bits per heavy atom. The Labute approximate surface area is 519 Å². The Morgan fingerprint density at radius 2 is 0.857 bits per heavy atom. The van der Waals surface area contributed by atoms with Gasteiger partial charge in [0.1, 0.15) is 17.1 Å². The highest BCUT2D eigenvalue weighted by molar-refractivity contribution is 6.17. The van der Waals surface area contributed by atoms with Crippen molar-refractivity contribution in [2.24, 2.45) is 80.9 Å². The maximum absolute atomic E-state index is 5.86. The van der Waals surface area contributed by atoms with Crippen LogP contribution in [0.25, 0.3) is 0 Å². The molecule has 0 bridgehead atoms. The number of azo groups is 4. The largest absolute Gasteiger partial charge is 1.00 e. The van der Waals surface area contributed by atoms with Gasteiger partial charge in [0.25, 0.3) is 0 Å². The van der Waals surface area contributed by atoms with Gasteiger partial charge in [0.05, 0.1) is 82.2 Å². The Kier molecular flexibility index (Phi) is 27.4. The van der Waals surface area contributed by atoms with Crippen molar-refractivity contribution in [3.63, 3.8) is 0 Å². The molecule has 0 atom stereocenters. The summed E-state index contributed by atoms with van der Waals surface area (Å²) in [6.45, 7) is 5.31. The van der Waals surface area contributed by atoms with Crippen molar-refractivity contribution in [2.75, 3.05) is 79.8 Å². The van der Waals surface area contributed by atoms with Crippen molar-refractivity contribution in [3.8, 4) is 0 Å². The summed E-state index contributed by atoms with van der Waals surface area (Å²) in [7, 11) is 15.9. The lowest BCUT2D eigenvalue weighted by Gasteiger charge is -2.33. The average Bonchev–Trinajstić information content (AvgIpc) is 4.18. The number of halogens is 4. The molecule has 0 saturated carbocycles. The Morgan fingerprint density at radius 1 is 0.476 bits per heavy atom. The number of imidazole rings is 2. The summed E-state index contributed by atoms with van der Waals surface area (Å²) in [5.74, 6) is 4.79. The number of alkyl halides is 1. The Bertz CT molecular complexity index is 3260. The summed E-state index contributed by atoms with van der Waals surface area (Å²) in [6, 6.07) is 42.6. The molecule has 2 saturated heterocycles. The lowest BCUT2D eigenvalue weighted by atomic mass is 9.93. The number of nitrogens with zero attached hydrogens (tertiary/aromatic N) is 18. The van der Waals surface area contributed by atoms with Gasteiger partial charge in [-0.15, -0.1) is 11.6 Å². The zero-order valence-electron chi connectivity index (χ0n) is 49.4. The van der Waals surface area contributed by atoms with Crippen LogP contribution in [0.5, 0.6) is 0 Å². The van der Waals surface area contributed by atoms with E-state index in [0.717, 1.165) is 115 Å². The molecule has 22 heteroatoms. The molecule has 0 amide bonds. The number of hydrogen-bond acceptors (Lipinski definition) is 13. The first kappa shape index (κ1) is 67.2. The van der Waals surface area contributed by atoms with Crippen LogP contribution in [0.15, 0.2) is 212 Å². The predicted molar refractivity (Wildman–Crippen MR) is 325 cm³/mol. The van der Waals surface area contributed by atoms with E-state index >= 15 is 0 Å². The van der Waals surface area contributed by atoms with Gasteiger partial charge in [-0.25, -0.2) is 22.8 Å². The van der Waals surface area contributed by atoms with Gasteiger partial charge >= 0.3 is 17.7 Å². The third-order valence-electron chi connectivity index (χ3n) is 14.6. The van der Waals surface area contributed by atoms with E-state index < -0.39 is 0 Å². The lowest BCUT2D eigenvalue weighted by molar-refractivity contribution is -0.685. The number of pyridine rings is 2. The molecule has 0 unspecified atom stereocenters. The van der Waals surface area contributed by atoms with E-state index in [1.807, 2.05) is 189 Å². The fourth-order valence-corrected chi connectivity index (χ4v) is 9.87. The van der Waals surface area contributed by atoms with E-state index in [1.165, 1.54) is 37.1 Å². The van der Waals surface area contributed by atoms with E-state index in [9.17, 15) is 0 Å². The zero-order chi connectivity index (χ0) is 56.9. The number of rotatable bonds is 17. The predicted octanol–water partition coefficient (Wildman–Crippen LogP) is 5.03. The molecule has 6 heterocycles. The number of piperidine rings is 2. The van der Waals surface area contributed by atoms with E-state index in [2.05, 4.69) is 114 Å². The van der Waals surface area contributed by atoms with Crippen LogP contribution in [-0.2, 0) is 34.7 Å². The van der Waals surface area contributed by atoms with Gasteiger partial charge in [-0.05, 0) is 171 Å². The molecule has 0 aliphatic carbocycles. The SMILES string of the molecule is CN(C)c1ccc(N=Nc2cccc[n+]2CCC2CCN(c3ccc(N=Nc4n(C)cc[n+]4C)cc3)CC2)cc1.CN(C)c1ccc(N=Nc2ccncc2)cc1.Cn1cc[n+](C)c1N=Nc1ccc(N2CCC(CCCl)CC2)cc1.[Cl-].[Cl-].[Cl-]. The molecule has 444 valence electrons. The van der Waals surface area contributed by atoms with Crippen LogP contribution in [0.2, 0.25) is 0 Å². The van der Waals surface area contributed by atoms with E-state index in [-0.39, 0.29) is 37.2 Å². The highest BCUT2D eigenvalue weighted by Crippen LogP contribution is 2.30. The maximum atomic E-state index is 5.86. The van der Waals surface area contributed by atoms with Crippen molar-refractivity contribution < 1.29 is 50.9 Å². The molecule has 4 aromatic carbocycles. The van der Waals surface area contributed by atoms with Gasteiger partial charge in [-0.2, -0.15) is 10.2 Å². The fourth-order valence-electron chi connectivity index (χ4n) is 9.56. The third kappa shape index (κ3) is 20.0. The molecule has 0 N–H and O–H groups in total. The van der Waals surface area contributed by atoms with Crippen LogP contribution in [0.4, 0.5) is 68.9 Å². The molecule has 4 aromatic heterocycles. The third-order valence-corrected chi connectivity index (χ3v) is 14.8. The number of hydrogen-bond donors (Lipinski definition) is 0. The molecule has 2 aliphatic rings. The van der Waals surface area contributed by atoms with Gasteiger partial charge in [0.15, 0.2) is 0 Å². The van der Waals surface area contributed by atoms with Crippen LogP contribution in [0.3, 0.4) is 0 Å². The van der Waals surface area contributed by atoms with Crippen molar-refractivity contribution >= 4 is 80.5 Å². The monoisotopic (exact) mass is 1210 g/mol. The summed E-state index contributed by atoms with van der Waals surface area (Å²) in [4.78, 5) is 13.0. The quantitative estimate of drug-likeness (QED) is 0.0715. The minimum atomic E-state index is 0. The number of benzene rings is 4. The molecule has 2 fully saturated rings. The normalized spacial score (nSPS) is 13.7. The van der Waals surface area contributed by atoms with Crippen LogP contribution in [0.1, 0.15) is 38.5 Å². The van der Waals surface area contributed by atoms with Crippen LogP contribution in [0, 0.1) is 11.8 Å². The zero-order valence-corrected chi connectivity index (χ0v) is 52.4. The van der Waals surface area contributed by atoms with Gasteiger partial charge in [-0.1, -0.05) is 16.3 Å². The van der Waals surface area contributed by atoms with Gasteiger partial charge in [-0.3, -0.25) is 4.98 Å². The molecule has 0 spiro atoms. The number of aromatic nitrogens is 6. The summed E-state index contributed by atoms with van der Waals surface area (Å²) < 4.78 is 10.0. The second-order valence-corrected chi connectivity index (χ2v) is 21.3. The molecular weight excluding hydrogens is 1140 g/mol. The highest BCUT2D eigenvalue weighted by Gasteiger charge is 2.22. The average molecular weight is 1220 g/mol. The second-order valence-electron chi connectivity index (χ2n) is 20.9. The van der Waals surface area contributed by atoms with E-state index in [4.69, 9.17) is 11.6 Å². The first-order valence-electron chi connectivity index (χ1n) is 27.8. The molecule has 2 aliphatic heterocycles. The fraction of sp³-hybridized carbons (Fsp3) is 0.355.